The van der Waals surface area contributed by atoms with E-state index in [-0.39, 0.29) is 6.10 Å². The molecule has 1 aliphatic rings. The summed E-state index contributed by atoms with van der Waals surface area (Å²) in [5.74, 6) is -0.500. The van der Waals surface area contributed by atoms with Crippen LogP contribution in [0.25, 0.3) is 0 Å². The first kappa shape index (κ1) is 20.4. The number of carbonyl (C=O) groups excluding carboxylic acids is 2. The Bertz CT molecular complexity index is 898. The van der Waals surface area contributed by atoms with E-state index in [0.717, 1.165) is 19.4 Å². The second-order valence-corrected chi connectivity index (χ2v) is 6.66. The molecule has 0 unspecified atom stereocenters. The van der Waals surface area contributed by atoms with Gasteiger partial charge in [0, 0.05) is 6.61 Å². The second-order valence-electron chi connectivity index (χ2n) is 6.66. The fourth-order valence-electron chi connectivity index (χ4n) is 2.86. The molecular weight excluding hydrogens is 372 g/mol. The molecule has 7 nitrogen and oxygen atoms in total. The number of hydrogen-bond donors (Lipinski definition) is 1. The molecule has 2 aromatic rings. The minimum Gasteiger partial charge on any atom is -0.491 e. The van der Waals surface area contributed by atoms with Crippen molar-refractivity contribution < 1.29 is 23.8 Å². The zero-order valence-electron chi connectivity index (χ0n) is 16.1. The fraction of sp³-hybridized carbons (Fsp3) is 0.318. The molecule has 0 aliphatic carbocycles. The number of nitriles is 1. The maximum Gasteiger partial charge on any atom is 0.338 e. The minimum atomic E-state index is -1.02. The molecule has 7 heteroatoms. The van der Waals surface area contributed by atoms with E-state index in [1.165, 1.54) is 6.92 Å². The molecule has 1 amide bonds. The lowest BCUT2D eigenvalue weighted by Crippen LogP contribution is -2.30. The monoisotopic (exact) mass is 394 g/mol. The first-order valence-electron chi connectivity index (χ1n) is 9.42. The largest absolute Gasteiger partial charge is 0.491 e. The molecule has 0 spiro atoms. The Labute approximate surface area is 169 Å². The lowest BCUT2D eigenvalue weighted by atomic mass is 10.2. The van der Waals surface area contributed by atoms with Crippen LogP contribution >= 0.6 is 0 Å². The van der Waals surface area contributed by atoms with Gasteiger partial charge in [0.05, 0.1) is 22.9 Å². The zero-order valence-corrected chi connectivity index (χ0v) is 16.1. The van der Waals surface area contributed by atoms with Crippen molar-refractivity contribution in [3.63, 3.8) is 0 Å². The van der Waals surface area contributed by atoms with Crippen LogP contribution < -0.4 is 10.1 Å². The maximum atomic E-state index is 12.3. The van der Waals surface area contributed by atoms with E-state index in [0.29, 0.717) is 29.2 Å². The van der Waals surface area contributed by atoms with Gasteiger partial charge in [-0.25, -0.2) is 4.79 Å². The molecule has 2 atom stereocenters. The molecule has 0 bridgehead atoms. The number of para-hydroxylation sites is 1. The van der Waals surface area contributed by atoms with Crippen molar-refractivity contribution in [1.29, 1.82) is 5.26 Å². The van der Waals surface area contributed by atoms with E-state index in [1.54, 1.807) is 48.5 Å². The predicted molar refractivity (Wildman–Crippen MR) is 106 cm³/mol. The van der Waals surface area contributed by atoms with Crippen molar-refractivity contribution in [1.82, 2.24) is 0 Å². The summed E-state index contributed by atoms with van der Waals surface area (Å²) >= 11 is 0. The van der Waals surface area contributed by atoms with Gasteiger partial charge in [0.25, 0.3) is 5.91 Å². The fourth-order valence-corrected chi connectivity index (χ4v) is 2.86. The Balaban J connectivity index is 1.52. The standard InChI is InChI=1S/C22H22N2O5/c1-15(21(25)24-20-7-3-2-5-17(20)13-23)29-22(26)16-8-10-18(11-9-16)28-14-19-6-4-12-27-19/h2-3,5,7-11,15,19H,4,6,12,14H2,1H3,(H,24,25)/t15-,19-/m1/s1. The van der Waals surface area contributed by atoms with Crippen molar-refractivity contribution in [2.75, 3.05) is 18.5 Å². The predicted octanol–water partition coefficient (Wildman–Crippen LogP) is 3.30. The molecule has 1 aliphatic heterocycles. The first-order chi connectivity index (χ1) is 14.1. The smallest absolute Gasteiger partial charge is 0.338 e. The Morgan fingerprint density at radius 2 is 2.00 bits per heavy atom. The number of benzene rings is 2. The molecule has 0 aromatic heterocycles. The van der Waals surface area contributed by atoms with Crippen molar-refractivity contribution >= 4 is 17.6 Å². The van der Waals surface area contributed by atoms with Gasteiger partial charge in [0.15, 0.2) is 6.10 Å². The number of esters is 1. The van der Waals surface area contributed by atoms with Crippen LogP contribution in [0, 0.1) is 11.3 Å². The van der Waals surface area contributed by atoms with Crippen molar-refractivity contribution in [3.8, 4) is 11.8 Å². The number of nitrogens with zero attached hydrogens (tertiary/aromatic N) is 1. The summed E-state index contributed by atoms with van der Waals surface area (Å²) in [6.07, 6.45) is 1.13. The zero-order chi connectivity index (χ0) is 20.6. The Kier molecular flexibility index (Phi) is 6.82. The van der Waals surface area contributed by atoms with Gasteiger partial charge in [0.1, 0.15) is 18.4 Å². The van der Waals surface area contributed by atoms with Crippen LogP contribution in [0.3, 0.4) is 0 Å². The van der Waals surface area contributed by atoms with E-state index in [2.05, 4.69) is 5.32 Å². The molecule has 0 saturated carbocycles. The quantitative estimate of drug-likeness (QED) is 0.724. The number of carbonyl (C=O) groups is 2. The number of amides is 1. The van der Waals surface area contributed by atoms with Crippen molar-refractivity contribution in [2.24, 2.45) is 0 Å². The Morgan fingerprint density at radius 3 is 2.69 bits per heavy atom. The highest BCUT2D eigenvalue weighted by Gasteiger charge is 2.20. The molecule has 1 saturated heterocycles. The van der Waals surface area contributed by atoms with E-state index in [9.17, 15) is 9.59 Å². The molecule has 1 heterocycles. The van der Waals surface area contributed by atoms with E-state index in [1.807, 2.05) is 6.07 Å². The molecule has 0 radical (unpaired) electrons. The lowest BCUT2D eigenvalue weighted by molar-refractivity contribution is -0.123. The molecule has 1 fully saturated rings. The summed E-state index contributed by atoms with van der Waals surface area (Å²) in [6.45, 7) is 2.72. The number of anilines is 1. The normalized spacial score (nSPS) is 16.5. The highest BCUT2D eigenvalue weighted by molar-refractivity contribution is 5.98. The van der Waals surface area contributed by atoms with Crippen LogP contribution in [-0.4, -0.2) is 37.3 Å². The van der Waals surface area contributed by atoms with Crippen LogP contribution in [0.2, 0.25) is 0 Å². The first-order valence-corrected chi connectivity index (χ1v) is 9.42. The molecular formula is C22H22N2O5. The highest BCUT2D eigenvalue weighted by atomic mass is 16.5. The SMILES string of the molecule is C[C@@H](OC(=O)c1ccc(OC[C@H]2CCCO2)cc1)C(=O)Nc1ccccc1C#N. The molecule has 150 valence electrons. The highest BCUT2D eigenvalue weighted by Crippen LogP contribution is 2.18. The van der Waals surface area contributed by atoms with E-state index < -0.39 is 18.0 Å². The van der Waals surface area contributed by atoms with Crippen molar-refractivity contribution in [3.05, 3.63) is 59.7 Å². The number of ether oxygens (including phenoxy) is 3. The van der Waals surface area contributed by atoms with Crippen LogP contribution in [0.5, 0.6) is 5.75 Å². The molecule has 3 rings (SSSR count). The average Bonchev–Trinajstić information content (AvgIpc) is 3.26. The Hall–Kier alpha value is -3.37. The lowest BCUT2D eigenvalue weighted by Gasteiger charge is -2.14. The van der Waals surface area contributed by atoms with Gasteiger partial charge < -0.3 is 19.5 Å². The Morgan fingerprint density at radius 1 is 1.24 bits per heavy atom. The minimum absolute atomic E-state index is 0.116. The average molecular weight is 394 g/mol. The molecule has 2 aromatic carbocycles. The summed E-state index contributed by atoms with van der Waals surface area (Å²) < 4.78 is 16.4. The molecule has 29 heavy (non-hydrogen) atoms. The van der Waals surface area contributed by atoms with Gasteiger partial charge in [-0.1, -0.05) is 12.1 Å². The van der Waals surface area contributed by atoms with Gasteiger partial charge >= 0.3 is 5.97 Å². The topological polar surface area (TPSA) is 97.7 Å². The second kappa shape index (κ2) is 9.71. The summed E-state index contributed by atoms with van der Waals surface area (Å²) in [5.41, 5.74) is 1.01. The van der Waals surface area contributed by atoms with E-state index >= 15 is 0 Å². The van der Waals surface area contributed by atoms with Gasteiger partial charge in [-0.05, 0) is 56.2 Å². The number of rotatable bonds is 7. The van der Waals surface area contributed by atoms with Crippen LogP contribution in [0.1, 0.15) is 35.7 Å². The summed E-state index contributed by atoms with van der Waals surface area (Å²) in [4.78, 5) is 24.6. The van der Waals surface area contributed by atoms with E-state index in [4.69, 9.17) is 19.5 Å². The van der Waals surface area contributed by atoms with Crippen LogP contribution in [0.15, 0.2) is 48.5 Å². The number of hydrogen-bond acceptors (Lipinski definition) is 6. The van der Waals surface area contributed by atoms with Gasteiger partial charge in [-0.15, -0.1) is 0 Å². The summed E-state index contributed by atoms with van der Waals surface area (Å²) in [6, 6.07) is 15.1. The van der Waals surface area contributed by atoms with Crippen LogP contribution in [-0.2, 0) is 14.3 Å². The van der Waals surface area contributed by atoms with Crippen LogP contribution in [0.4, 0.5) is 5.69 Å². The van der Waals surface area contributed by atoms with Crippen molar-refractivity contribution in [2.45, 2.75) is 32.0 Å². The van der Waals surface area contributed by atoms with Gasteiger partial charge in [0.2, 0.25) is 0 Å². The van der Waals surface area contributed by atoms with Gasteiger partial charge in [-0.2, -0.15) is 5.26 Å². The summed E-state index contributed by atoms with van der Waals surface area (Å²) in [7, 11) is 0. The summed E-state index contributed by atoms with van der Waals surface area (Å²) in [5, 5.41) is 11.7. The maximum absolute atomic E-state index is 12.3. The number of nitrogens with one attached hydrogen (secondary N) is 1. The van der Waals surface area contributed by atoms with Gasteiger partial charge in [-0.3, -0.25) is 4.79 Å². The third-order valence-corrected chi connectivity index (χ3v) is 4.51. The third-order valence-electron chi connectivity index (χ3n) is 4.51. The third kappa shape index (κ3) is 5.56. The molecule has 1 N–H and O–H groups in total.